The summed E-state index contributed by atoms with van der Waals surface area (Å²) in [6, 6.07) is 7.77. The quantitative estimate of drug-likeness (QED) is 0.483. The van der Waals surface area contributed by atoms with Gasteiger partial charge in [0.25, 0.3) is 0 Å². The highest BCUT2D eigenvalue weighted by molar-refractivity contribution is 7.46. The molecule has 1 unspecified atom stereocenters. The summed E-state index contributed by atoms with van der Waals surface area (Å²) in [5, 5.41) is 1.17. The van der Waals surface area contributed by atoms with Crippen LogP contribution in [0.4, 0.5) is 0 Å². The van der Waals surface area contributed by atoms with Gasteiger partial charge in [-0.05, 0) is 18.9 Å². The first-order valence-corrected chi connectivity index (χ1v) is 5.03. The van der Waals surface area contributed by atoms with Crippen LogP contribution < -0.4 is 5.30 Å². The molecule has 0 amide bonds. The molecule has 58 valence electrons. The van der Waals surface area contributed by atoms with Crippen LogP contribution in [0.25, 0.3) is 0 Å². The van der Waals surface area contributed by atoms with Gasteiger partial charge in [-0.25, -0.2) is 0 Å². The molecule has 0 saturated carbocycles. The Morgan fingerprint density at radius 1 is 1.36 bits per heavy atom. The Hall–Kier alpha value is -0.680. The topological polar surface area (TPSA) is 17.1 Å². The van der Waals surface area contributed by atoms with Crippen molar-refractivity contribution < 1.29 is 4.79 Å². The van der Waals surface area contributed by atoms with E-state index in [4.69, 9.17) is 0 Å². The van der Waals surface area contributed by atoms with Crippen LogP contribution in [0.2, 0.25) is 0 Å². The van der Waals surface area contributed by atoms with Gasteiger partial charge in [0.05, 0.1) is 0 Å². The molecule has 2 heteroatoms. The predicted molar refractivity (Wildman–Crippen MR) is 50.3 cm³/mol. The molecule has 0 bridgehead atoms. The van der Waals surface area contributed by atoms with Crippen LogP contribution in [0.15, 0.2) is 24.3 Å². The SMILES string of the molecule is CPc1ccccc1C(C)=O. The van der Waals surface area contributed by atoms with E-state index in [-0.39, 0.29) is 5.78 Å². The van der Waals surface area contributed by atoms with Gasteiger partial charge in [0.2, 0.25) is 0 Å². The van der Waals surface area contributed by atoms with Crippen molar-refractivity contribution in [1.29, 1.82) is 0 Å². The Balaban J connectivity index is 3.12. The van der Waals surface area contributed by atoms with E-state index in [9.17, 15) is 4.79 Å². The second kappa shape index (κ2) is 3.64. The summed E-state index contributed by atoms with van der Waals surface area (Å²) >= 11 is 0. The molecule has 0 spiro atoms. The van der Waals surface area contributed by atoms with Gasteiger partial charge in [0.15, 0.2) is 5.78 Å². The van der Waals surface area contributed by atoms with E-state index in [1.54, 1.807) is 6.92 Å². The fraction of sp³-hybridized carbons (Fsp3) is 0.222. The third kappa shape index (κ3) is 1.87. The van der Waals surface area contributed by atoms with E-state index >= 15 is 0 Å². The Morgan fingerprint density at radius 2 is 2.00 bits per heavy atom. The molecule has 1 atom stereocenters. The monoisotopic (exact) mass is 166 g/mol. The summed E-state index contributed by atoms with van der Waals surface area (Å²) in [4.78, 5) is 11.0. The molecule has 0 aliphatic carbocycles. The molecule has 1 aromatic carbocycles. The van der Waals surface area contributed by atoms with Gasteiger partial charge in [-0.1, -0.05) is 32.8 Å². The zero-order valence-corrected chi connectivity index (χ0v) is 7.72. The molecule has 1 aromatic rings. The third-order valence-corrected chi connectivity index (χ3v) is 2.55. The van der Waals surface area contributed by atoms with Crippen molar-refractivity contribution >= 4 is 19.7 Å². The molecule has 0 heterocycles. The van der Waals surface area contributed by atoms with E-state index < -0.39 is 0 Å². The van der Waals surface area contributed by atoms with Crippen molar-refractivity contribution in [1.82, 2.24) is 0 Å². The number of carbonyl (C=O) groups excluding carboxylic acids is 1. The molecule has 0 aliphatic heterocycles. The first-order valence-electron chi connectivity index (χ1n) is 3.53. The highest BCUT2D eigenvalue weighted by Crippen LogP contribution is 2.08. The summed E-state index contributed by atoms with van der Waals surface area (Å²) in [5.74, 6) is 0.162. The summed E-state index contributed by atoms with van der Waals surface area (Å²) in [5.41, 5.74) is 0.869. The lowest BCUT2D eigenvalue weighted by atomic mass is 10.1. The normalized spacial score (nSPS) is 10.7. The van der Waals surface area contributed by atoms with Crippen LogP contribution in [-0.2, 0) is 0 Å². The van der Waals surface area contributed by atoms with Crippen molar-refractivity contribution in [2.75, 3.05) is 6.66 Å². The number of carbonyl (C=O) groups is 1. The lowest BCUT2D eigenvalue weighted by molar-refractivity contribution is 0.101. The van der Waals surface area contributed by atoms with E-state index in [0.717, 1.165) is 5.56 Å². The highest BCUT2D eigenvalue weighted by Gasteiger charge is 2.02. The van der Waals surface area contributed by atoms with E-state index in [2.05, 4.69) is 6.66 Å². The fourth-order valence-electron chi connectivity index (χ4n) is 1.01. The van der Waals surface area contributed by atoms with Crippen LogP contribution in [0.1, 0.15) is 17.3 Å². The number of ketones is 1. The zero-order chi connectivity index (χ0) is 8.27. The van der Waals surface area contributed by atoms with Gasteiger partial charge in [0.1, 0.15) is 0 Å². The van der Waals surface area contributed by atoms with Crippen molar-refractivity contribution in [3.8, 4) is 0 Å². The molecule has 11 heavy (non-hydrogen) atoms. The maximum atomic E-state index is 11.0. The van der Waals surface area contributed by atoms with Crippen LogP contribution in [0, 0.1) is 0 Å². The van der Waals surface area contributed by atoms with Crippen LogP contribution in [-0.4, -0.2) is 12.4 Å². The number of Topliss-reactive ketones (excluding diaryl/α,β-unsaturated/α-hetero) is 1. The van der Waals surface area contributed by atoms with Gasteiger partial charge in [-0.2, -0.15) is 0 Å². The first kappa shape index (κ1) is 8.42. The maximum absolute atomic E-state index is 11.0. The second-order valence-corrected chi connectivity index (χ2v) is 3.39. The fourth-order valence-corrected chi connectivity index (χ4v) is 1.80. The van der Waals surface area contributed by atoms with E-state index in [1.165, 1.54) is 5.30 Å². The number of hydrogen-bond acceptors (Lipinski definition) is 1. The Kier molecular flexibility index (Phi) is 2.78. The first-order chi connectivity index (χ1) is 5.25. The summed E-state index contributed by atoms with van der Waals surface area (Å²) in [7, 11) is 0.701. The van der Waals surface area contributed by atoms with Gasteiger partial charge < -0.3 is 0 Å². The molecule has 0 aromatic heterocycles. The predicted octanol–water partition coefficient (Wildman–Crippen LogP) is 1.82. The number of rotatable bonds is 2. The minimum Gasteiger partial charge on any atom is -0.294 e. The van der Waals surface area contributed by atoms with Crippen molar-refractivity contribution in [2.45, 2.75) is 6.92 Å². The summed E-state index contributed by atoms with van der Waals surface area (Å²) in [6.07, 6.45) is 0. The molecule has 1 nitrogen and oxygen atoms in total. The van der Waals surface area contributed by atoms with Crippen molar-refractivity contribution in [3.63, 3.8) is 0 Å². The Labute approximate surface area is 68.6 Å². The lowest BCUT2D eigenvalue weighted by Gasteiger charge is -2.01. The molecule has 1 rings (SSSR count). The molecule has 0 aliphatic rings. The van der Waals surface area contributed by atoms with E-state index in [1.807, 2.05) is 24.3 Å². The molecule has 0 fully saturated rings. The maximum Gasteiger partial charge on any atom is 0.160 e. The standard InChI is InChI=1S/C9H11OP/c1-7(10)8-5-3-4-6-9(8)11-2/h3-6,11H,1-2H3. The molecule has 0 saturated heterocycles. The van der Waals surface area contributed by atoms with Gasteiger partial charge in [-0.3, -0.25) is 4.79 Å². The number of benzene rings is 1. The van der Waals surface area contributed by atoms with Crippen LogP contribution in [0.3, 0.4) is 0 Å². The molecular formula is C9H11OP. The van der Waals surface area contributed by atoms with Crippen molar-refractivity contribution in [2.24, 2.45) is 0 Å². The van der Waals surface area contributed by atoms with Gasteiger partial charge >= 0.3 is 0 Å². The lowest BCUT2D eigenvalue weighted by Crippen LogP contribution is -2.07. The average Bonchev–Trinajstić information content (AvgIpc) is 2.04. The van der Waals surface area contributed by atoms with Gasteiger partial charge in [0, 0.05) is 5.56 Å². The third-order valence-electron chi connectivity index (χ3n) is 1.58. The smallest absolute Gasteiger partial charge is 0.160 e. The second-order valence-electron chi connectivity index (χ2n) is 2.35. The molecule has 0 radical (unpaired) electrons. The average molecular weight is 166 g/mol. The molecule has 0 N–H and O–H groups in total. The number of hydrogen-bond donors (Lipinski definition) is 0. The zero-order valence-electron chi connectivity index (χ0n) is 6.72. The van der Waals surface area contributed by atoms with Crippen molar-refractivity contribution in [3.05, 3.63) is 29.8 Å². The van der Waals surface area contributed by atoms with Gasteiger partial charge in [-0.15, -0.1) is 0 Å². The summed E-state index contributed by atoms with van der Waals surface area (Å²) in [6.45, 7) is 3.70. The largest absolute Gasteiger partial charge is 0.294 e. The minimum absolute atomic E-state index is 0.162. The highest BCUT2D eigenvalue weighted by atomic mass is 31.1. The van der Waals surface area contributed by atoms with Crippen LogP contribution >= 0.6 is 8.58 Å². The van der Waals surface area contributed by atoms with E-state index in [0.29, 0.717) is 8.58 Å². The molecular weight excluding hydrogens is 155 g/mol. The minimum atomic E-state index is 0.162. The van der Waals surface area contributed by atoms with Crippen LogP contribution in [0.5, 0.6) is 0 Å². The summed E-state index contributed by atoms with van der Waals surface area (Å²) < 4.78 is 0. The Morgan fingerprint density at radius 3 is 2.45 bits per heavy atom. The Bertz CT molecular complexity index is 268.